The standard InChI is InChI=1S/C6H11N3OS/c1-9-4-7-8-6(9)5(10)3-11-2/h4-5,10H,3H2,1-2H3. The molecule has 0 aliphatic heterocycles. The van der Waals surface area contributed by atoms with Crippen LogP contribution in [0.15, 0.2) is 6.33 Å². The van der Waals surface area contributed by atoms with E-state index in [1.807, 2.05) is 13.3 Å². The van der Waals surface area contributed by atoms with Gasteiger partial charge in [-0.05, 0) is 6.26 Å². The first kappa shape index (κ1) is 8.55. The maximum absolute atomic E-state index is 9.45. The SMILES string of the molecule is CSCC(O)c1nncn1C. The molecule has 1 rings (SSSR count). The molecule has 0 bridgehead atoms. The summed E-state index contributed by atoms with van der Waals surface area (Å²) in [5.74, 6) is 1.28. The quantitative estimate of drug-likeness (QED) is 0.710. The van der Waals surface area contributed by atoms with Crippen molar-refractivity contribution in [2.24, 2.45) is 7.05 Å². The van der Waals surface area contributed by atoms with E-state index in [9.17, 15) is 5.11 Å². The van der Waals surface area contributed by atoms with Crippen LogP contribution in [-0.4, -0.2) is 31.9 Å². The van der Waals surface area contributed by atoms with Gasteiger partial charge in [-0.1, -0.05) is 0 Å². The predicted molar refractivity (Wildman–Crippen MR) is 44.3 cm³/mol. The van der Waals surface area contributed by atoms with E-state index in [1.165, 1.54) is 0 Å². The Bertz CT molecular complexity index is 225. The van der Waals surface area contributed by atoms with Crippen molar-refractivity contribution in [1.82, 2.24) is 14.8 Å². The molecule has 5 heteroatoms. The van der Waals surface area contributed by atoms with E-state index in [1.54, 1.807) is 22.7 Å². The summed E-state index contributed by atoms with van der Waals surface area (Å²) >= 11 is 1.59. The van der Waals surface area contributed by atoms with Crippen molar-refractivity contribution in [3.63, 3.8) is 0 Å². The van der Waals surface area contributed by atoms with Crippen LogP contribution >= 0.6 is 11.8 Å². The second-order valence-electron chi connectivity index (χ2n) is 2.27. The fourth-order valence-corrected chi connectivity index (χ4v) is 1.29. The number of aromatic nitrogens is 3. The molecule has 1 aromatic heterocycles. The summed E-state index contributed by atoms with van der Waals surface area (Å²) in [6.07, 6.45) is 3.02. The summed E-state index contributed by atoms with van der Waals surface area (Å²) in [7, 11) is 1.82. The fourth-order valence-electron chi connectivity index (χ4n) is 0.826. The molecule has 62 valence electrons. The molecule has 11 heavy (non-hydrogen) atoms. The summed E-state index contributed by atoms with van der Waals surface area (Å²) in [5.41, 5.74) is 0. The van der Waals surface area contributed by atoms with Crippen LogP contribution in [0.1, 0.15) is 11.9 Å². The molecule has 1 aromatic rings. The molecule has 0 amide bonds. The summed E-state index contributed by atoms with van der Waals surface area (Å²) in [6.45, 7) is 0. The van der Waals surface area contributed by atoms with Gasteiger partial charge in [-0.15, -0.1) is 10.2 Å². The highest BCUT2D eigenvalue weighted by molar-refractivity contribution is 7.98. The smallest absolute Gasteiger partial charge is 0.162 e. The monoisotopic (exact) mass is 173 g/mol. The Morgan fingerprint density at radius 2 is 2.55 bits per heavy atom. The van der Waals surface area contributed by atoms with Gasteiger partial charge < -0.3 is 9.67 Å². The van der Waals surface area contributed by atoms with E-state index in [4.69, 9.17) is 0 Å². The highest BCUT2D eigenvalue weighted by atomic mass is 32.2. The Hall–Kier alpha value is -0.550. The minimum absolute atomic E-state index is 0.502. The zero-order valence-electron chi connectivity index (χ0n) is 6.56. The molecule has 0 spiro atoms. The Morgan fingerprint density at radius 3 is 3.00 bits per heavy atom. The van der Waals surface area contributed by atoms with Crippen LogP contribution in [-0.2, 0) is 7.05 Å². The molecular formula is C6H11N3OS. The van der Waals surface area contributed by atoms with Gasteiger partial charge in [0.1, 0.15) is 12.4 Å². The average molecular weight is 173 g/mol. The van der Waals surface area contributed by atoms with Gasteiger partial charge in [0, 0.05) is 12.8 Å². The topological polar surface area (TPSA) is 50.9 Å². The highest BCUT2D eigenvalue weighted by Gasteiger charge is 2.11. The van der Waals surface area contributed by atoms with Crippen LogP contribution in [0.2, 0.25) is 0 Å². The maximum Gasteiger partial charge on any atom is 0.162 e. The zero-order chi connectivity index (χ0) is 8.27. The number of aliphatic hydroxyl groups excluding tert-OH is 1. The first-order valence-corrected chi connectivity index (χ1v) is 4.66. The van der Waals surface area contributed by atoms with Crippen LogP contribution in [0.25, 0.3) is 0 Å². The molecule has 0 aromatic carbocycles. The molecule has 1 atom stereocenters. The van der Waals surface area contributed by atoms with Gasteiger partial charge in [-0.25, -0.2) is 0 Å². The van der Waals surface area contributed by atoms with Crippen LogP contribution < -0.4 is 0 Å². The van der Waals surface area contributed by atoms with E-state index < -0.39 is 6.10 Å². The molecule has 4 nitrogen and oxygen atoms in total. The second-order valence-corrected chi connectivity index (χ2v) is 3.18. The molecule has 1 N–H and O–H groups in total. The van der Waals surface area contributed by atoms with Gasteiger partial charge in [0.05, 0.1) is 0 Å². The molecule has 0 radical (unpaired) electrons. The van der Waals surface area contributed by atoms with Gasteiger partial charge >= 0.3 is 0 Å². The van der Waals surface area contributed by atoms with Crippen LogP contribution in [0.5, 0.6) is 0 Å². The highest BCUT2D eigenvalue weighted by Crippen LogP contribution is 2.12. The predicted octanol–water partition coefficient (Wildman–Crippen LogP) is 0.211. The molecule has 0 aliphatic rings. The summed E-state index contributed by atoms with van der Waals surface area (Å²) < 4.78 is 1.72. The van der Waals surface area contributed by atoms with Gasteiger partial charge in [0.25, 0.3) is 0 Å². The Labute approximate surface area is 69.6 Å². The van der Waals surface area contributed by atoms with Crippen molar-refractivity contribution in [2.45, 2.75) is 6.10 Å². The minimum Gasteiger partial charge on any atom is -0.384 e. The van der Waals surface area contributed by atoms with Crippen molar-refractivity contribution in [2.75, 3.05) is 12.0 Å². The zero-order valence-corrected chi connectivity index (χ0v) is 7.38. The summed E-state index contributed by atoms with van der Waals surface area (Å²) in [4.78, 5) is 0. The number of hydrogen-bond donors (Lipinski definition) is 1. The van der Waals surface area contributed by atoms with E-state index in [0.717, 1.165) is 0 Å². The van der Waals surface area contributed by atoms with Crippen LogP contribution in [0.3, 0.4) is 0 Å². The van der Waals surface area contributed by atoms with Gasteiger partial charge in [0.15, 0.2) is 5.82 Å². The summed E-state index contributed by atoms with van der Waals surface area (Å²) in [6, 6.07) is 0. The van der Waals surface area contributed by atoms with E-state index >= 15 is 0 Å². The second kappa shape index (κ2) is 3.73. The molecular weight excluding hydrogens is 162 g/mol. The Balaban J connectivity index is 2.67. The average Bonchev–Trinajstić information content (AvgIpc) is 2.36. The number of hydrogen-bond acceptors (Lipinski definition) is 4. The number of thioether (sulfide) groups is 1. The first-order valence-electron chi connectivity index (χ1n) is 3.26. The van der Waals surface area contributed by atoms with Crippen molar-refractivity contribution in [3.05, 3.63) is 12.2 Å². The molecule has 0 fully saturated rings. The normalized spacial score (nSPS) is 13.4. The first-order chi connectivity index (χ1) is 5.25. The van der Waals surface area contributed by atoms with Crippen molar-refractivity contribution >= 4 is 11.8 Å². The summed E-state index contributed by atoms with van der Waals surface area (Å²) in [5, 5.41) is 16.9. The third-order valence-electron chi connectivity index (χ3n) is 1.37. The van der Waals surface area contributed by atoms with Gasteiger partial charge in [-0.2, -0.15) is 11.8 Å². The van der Waals surface area contributed by atoms with Crippen LogP contribution in [0, 0.1) is 0 Å². The lowest BCUT2D eigenvalue weighted by Crippen LogP contribution is -2.07. The molecule has 0 saturated carbocycles. The van der Waals surface area contributed by atoms with Crippen molar-refractivity contribution in [3.8, 4) is 0 Å². The third-order valence-corrected chi connectivity index (χ3v) is 2.02. The number of nitrogens with zero attached hydrogens (tertiary/aromatic N) is 3. The lowest BCUT2D eigenvalue weighted by molar-refractivity contribution is 0.190. The molecule has 0 saturated heterocycles. The fraction of sp³-hybridized carbons (Fsp3) is 0.667. The lowest BCUT2D eigenvalue weighted by Gasteiger charge is -2.06. The van der Waals surface area contributed by atoms with Gasteiger partial charge in [-0.3, -0.25) is 0 Å². The largest absolute Gasteiger partial charge is 0.384 e. The Morgan fingerprint density at radius 1 is 1.82 bits per heavy atom. The molecule has 1 unspecified atom stereocenters. The van der Waals surface area contributed by atoms with Crippen molar-refractivity contribution < 1.29 is 5.11 Å². The van der Waals surface area contributed by atoms with Crippen molar-refractivity contribution in [1.29, 1.82) is 0 Å². The lowest BCUT2D eigenvalue weighted by atomic mass is 10.4. The van der Waals surface area contributed by atoms with E-state index in [0.29, 0.717) is 11.6 Å². The minimum atomic E-state index is -0.502. The van der Waals surface area contributed by atoms with E-state index in [-0.39, 0.29) is 0 Å². The Kier molecular flexibility index (Phi) is 2.90. The van der Waals surface area contributed by atoms with Crippen LogP contribution in [0.4, 0.5) is 0 Å². The van der Waals surface area contributed by atoms with E-state index in [2.05, 4.69) is 10.2 Å². The number of rotatable bonds is 3. The number of aliphatic hydroxyl groups is 1. The third kappa shape index (κ3) is 1.94. The number of aryl methyl sites for hydroxylation is 1. The van der Waals surface area contributed by atoms with Gasteiger partial charge in [0.2, 0.25) is 0 Å². The molecule has 1 heterocycles. The maximum atomic E-state index is 9.45. The molecule has 0 aliphatic carbocycles.